The molecule has 0 aliphatic carbocycles. The van der Waals surface area contributed by atoms with Crippen molar-refractivity contribution in [2.45, 2.75) is 24.3 Å². The van der Waals surface area contributed by atoms with Crippen molar-refractivity contribution in [3.8, 4) is 0 Å². The number of carbonyl (C=O) groups is 3. The van der Waals surface area contributed by atoms with Gasteiger partial charge in [-0.25, -0.2) is 4.79 Å². The highest BCUT2D eigenvalue weighted by Crippen LogP contribution is 2.48. The van der Waals surface area contributed by atoms with Crippen LogP contribution in [-0.4, -0.2) is 42.9 Å². The minimum atomic E-state index is -1.01. The molecule has 0 aliphatic heterocycles. The molecule has 0 fully saturated rings. The molecular weight excluding hydrogens is 548 g/mol. The third-order valence-electron chi connectivity index (χ3n) is 6.54. The highest BCUT2D eigenvalue weighted by atomic mass is 32.2. The summed E-state index contributed by atoms with van der Waals surface area (Å²) in [5, 5.41) is 5.33. The predicted octanol–water partition coefficient (Wildman–Crippen LogP) is 5.69. The zero-order chi connectivity index (χ0) is 29.6. The minimum absolute atomic E-state index is 0.0545. The molecule has 0 saturated heterocycles. The van der Waals surface area contributed by atoms with Gasteiger partial charge in [0, 0.05) is 5.75 Å². The van der Waals surface area contributed by atoms with Crippen LogP contribution in [0.3, 0.4) is 0 Å². The van der Waals surface area contributed by atoms with Gasteiger partial charge >= 0.3 is 12.1 Å². The predicted molar refractivity (Wildman–Crippen MR) is 165 cm³/mol. The van der Waals surface area contributed by atoms with Gasteiger partial charge in [-0.05, 0) is 29.2 Å². The van der Waals surface area contributed by atoms with Gasteiger partial charge in [0.1, 0.15) is 19.2 Å². The van der Waals surface area contributed by atoms with E-state index in [1.165, 1.54) is 11.8 Å². The molecule has 0 bridgehead atoms. The number of hydrogen-bond acceptors (Lipinski definition) is 6. The Morgan fingerprint density at radius 1 is 0.714 bits per heavy atom. The fraction of sp³-hybridized carbons (Fsp3) is 0.206. The van der Waals surface area contributed by atoms with Crippen molar-refractivity contribution in [3.05, 3.63) is 144 Å². The number of benzene rings is 4. The molecule has 216 valence electrons. The molecule has 42 heavy (non-hydrogen) atoms. The van der Waals surface area contributed by atoms with Crippen LogP contribution in [0.1, 0.15) is 29.2 Å². The maximum atomic E-state index is 13.4. The van der Waals surface area contributed by atoms with Crippen molar-refractivity contribution >= 4 is 29.7 Å². The lowest BCUT2D eigenvalue weighted by Crippen LogP contribution is -2.50. The van der Waals surface area contributed by atoms with Gasteiger partial charge < -0.3 is 20.1 Å². The smallest absolute Gasteiger partial charge is 0.408 e. The fourth-order valence-corrected chi connectivity index (χ4v) is 6.12. The molecule has 0 heterocycles. The van der Waals surface area contributed by atoms with Crippen LogP contribution in [0.15, 0.2) is 121 Å². The Hall–Kier alpha value is -4.56. The van der Waals surface area contributed by atoms with Gasteiger partial charge in [0.05, 0.1) is 11.4 Å². The van der Waals surface area contributed by atoms with Crippen molar-refractivity contribution in [1.29, 1.82) is 0 Å². The molecule has 1 atom stereocenters. The fourth-order valence-electron chi connectivity index (χ4n) is 4.56. The first-order chi connectivity index (χ1) is 20.5. The van der Waals surface area contributed by atoms with Crippen molar-refractivity contribution in [1.82, 2.24) is 10.6 Å². The maximum Gasteiger partial charge on any atom is 0.408 e. The average Bonchev–Trinajstić information content (AvgIpc) is 3.04. The summed E-state index contributed by atoms with van der Waals surface area (Å²) >= 11 is 1.52. The first-order valence-electron chi connectivity index (χ1n) is 13.7. The van der Waals surface area contributed by atoms with Crippen LogP contribution >= 0.6 is 11.8 Å². The topological polar surface area (TPSA) is 93.7 Å². The number of rotatable bonds is 13. The van der Waals surface area contributed by atoms with Crippen LogP contribution in [0.25, 0.3) is 0 Å². The second-order valence-electron chi connectivity index (χ2n) is 9.37. The van der Waals surface area contributed by atoms with Gasteiger partial charge in [0.2, 0.25) is 5.91 Å². The summed E-state index contributed by atoms with van der Waals surface area (Å²) in [7, 11) is 0. The van der Waals surface area contributed by atoms with E-state index in [1.807, 2.05) is 84.9 Å². The van der Waals surface area contributed by atoms with Crippen molar-refractivity contribution < 1.29 is 23.9 Å². The molecule has 2 amide bonds. The van der Waals surface area contributed by atoms with E-state index in [-0.39, 0.29) is 25.5 Å². The third kappa shape index (κ3) is 8.01. The van der Waals surface area contributed by atoms with Gasteiger partial charge in [0.15, 0.2) is 0 Å². The lowest BCUT2D eigenvalue weighted by molar-refractivity contribution is -0.143. The summed E-state index contributed by atoms with van der Waals surface area (Å²) in [4.78, 5) is 38.2. The van der Waals surface area contributed by atoms with Crippen LogP contribution in [-0.2, 0) is 30.4 Å². The van der Waals surface area contributed by atoms with Crippen LogP contribution in [0.2, 0.25) is 0 Å². The summed E-state index contributed by atoms with van der Waals surface area (Å²) in [6, 6.07) is 38.4. The molecule has 2 N–H and O–H groups in total. The number of amides is 2. The van der Waals surface area contributed by atoms with E-state index >= 15 is 0 Å². The van der Waals surface area contributed by atoms with Crippen molar-refractivity contribution in [2.75, 3.05) is 18.9 Å². The number of carbonyl (C=O) groups excluding carboxylic acids is 3. The quantitative estimate of drug-likeness (QED) is 0.156. The molecule has 0 aromatic heterocycles. The summed E-state index contributed by atoms with van der Waals surface area (Å²) < 4.78 is 9.68. The highest BCUT2D eigenvalue weighted by Gasteiger charge is 2.38. The van der Waals surface area contributed by atoms with E-state index in [2.05, 4.69) is 47.0 Å². The highest BCUT2D eigenvalue weighted by molar-refractivity contribution is 8.00. The number of esters is 1. The molecule has 8 heteroatoms. The van der Waals surface area contributed by atoms with Crippen LogP contribution in [0, 0.1) is 0 Å². The molecule has 0 spiro atoms. The maximum absolute atomic E-state index is 13.4. The first kappa shape index (κ1) is 30.4. The summed E-state index contributed by atoms with van der Waals surface area (Å²) in [5.41, 5.74) is 3.88. The van der Waals surface area contributed by atoms with Crippen molar-refractivity contribution in [3.63, 3.8) is 0 Å². The lowest BCUT2D eigenvalue weighted by atomic mass is 9.84. The normalized spacial score (nSPS) is 11.6. The number of ether oxygens (including phenoxy) is 2. The van der Waals surface area contributed by atoms with E-state index in [1.54, 1.807) is 6.92 Å². The molecular formula is C34H34N2O5S. The lowest BCUT2D eigenvalue weighted by Gasteiger charge is -2.36. The van der Waals surface area contributed by atoms with E-state index in [0.29, 0.717) is 0 Å². The van der Waals surface area contributed by atoms with Gasteiger partial charge in [-0.2, -0.15) is 0 Å². The molecule has 0 saturated carbocycles. The number of hydrogen-bond donors (Lipinski definition) is 2. The number of nitrogens with one attached hydrogen (secondary N) is 2. The zero-order valence-corrected chi connectivity index (χ0v) is 24.2. The van der Waals surface area contributed by atoms with E-state index < -0.39 is 28.8 Å². The SMILES string of the molecule is CCOC(=O)CNC(=O)[C@H](CSC(c1ccccc1)(c1ccccc1)c1ccccc1)NC(=O)OCc1ccccc1. The summed E-state index contributed by atoms with van der Waals surface area (Å²) in [5.74, 6) is -0.903. The van der Waals surface area contributed by atoms with E-state index in [0.717, 1.165) is 22.3 Å². The molecule has 4 aromatic rings. The first-order valence-corrected chi connectivity index (χ1v) is 14.7. The monoisotopic (exact) mass is 582 g/mol. The van der Waals surface area contributed by atoms with Crippen LogP contribution < -0.4 is 10.6 Å². The molecule has 0 aliphatic rings. The molecule has 7 nitrogen and oxygen atoms in total. The standard InChI is InChI=1S/C34H34N2O5S/c1-2-40-31(37)23-35-32(38)30(36-33(39)41-24-26-15-7-3-8-16-26)25-42-34(27-17-9-4-10-18-27,28-19-11-5-12-20-28)29-21-13-6-14-22-29/h3-22,30H,2,23-25H2,1H3,(H,35,38)(H,36,39)/t30-/m0/s1. The van der Waals surface area contributed by atoms with E-state index in [4.69, 9.17) is 9.47 Å². The van der Waals surface area contributed by atoms with E-state index in [9.17, 15) is 14.4 Å². The Morgan fingerprint density at radius 2 is 1.19 bits per heavy atom. The zero-order valence-electron chi connectivity index (χ0n) is 23.4. The largest absolute Gasteiger partial charge is 0.465 e. The van der Waals surface area contributed by atoms with Crippen LogP contribution in [0.4, 0.5) is 4.79 Å². The summed E-state index contributed by atoms with van der Waals surface area (Å²) in [6.45, 7) is 1.64. The van der Waals surface area contributed by atoms with Gasteiger partial charge in [-0.1, -0.05) is 121 Å². The molecule has 4 aromatic carbocycles. The molecule has 0 radical (unpaired) electrons. The Morgan fingerprint density at radius 3 is 1.67 bits per heavy atom. The second-order valence-corrected chi connectivity index (χ2v) is 10.6. The summed E-state index contributed by atoms with van der Waals surface area (Å²) in [6.07, 6.45) is -0.736. The van der Waals surface area contributed by atoms with Gasteiger partial charge in [-0.3, -0.25) is 9.59 Å². The molecule has 4 rings (SSSR count). The van der Waals surface area contributed by atoms with Gasteiger partial charge in [0.25, 0.3) is 0 Å². The van der Waals surface area contributed by atoms with Crippen molar-refractivity contribution in [2.24, 2.45) is 0 Å². The van der Waals surface area contributed by atoms with Gasteiger partial charge in [-0.15, -0.1) is 11.8 Å². The second kappa shape index (κ2) is 15.4. The average molecular weight is 583 g/mol. The minimum Gasteiger partial charge on any atom is -0.465 e. The Labute approximate surface area is 250 Å². The number of thioether (sulfide) groups is 1. The third-order valence-corrected chi connectivity index (χ3v) is 8.18. The number of alkyl carbamates (subject to hydrolysis) is 1. The Kier molecular flexibility index (Phi) is 11.2. The molecule has 0 unspecified atom stereocenters. The Bertz CT molecular complexity index is 1320. The Balaban J connectivity index is 1.64. The van der Waals surface area contributed by atoms with Crippen LogP contribution in [0.5, 0.6) is 0 Å².